The van der Waals surface area contributed by atoms with Crippen LogP contribution in [0.25, 0.3) is 22.0 Å². The van der Waals surface area contributed by atoms with Crippen molar-refractivity contribution in [2.75, 3.05) is 5.73 Å². The van der Waals surface area contributed by atoms with Gasteiger partial charge in [0.15, 0.2) is 0 Å². The van der Waals surface area contributed by atoms with Gasteiger partial charge in [0.2, 0.25) is 0 Å². The summed E-state index contributed by atoms with van der Waals surface area (Å²) < 4.78 is 0. The van der Waals surface area contributed by atoms with E-state index in [1.54, 1.807) is 0 Å². The first-order valence-corrected chi connectivity index (χ1v) is 5.96. The standard InChI is InChI=1S/C16H14N2/c1-11-15(12-5-3-2-4-6-12)10-13-9-14(17)7-8-16(13)18-11/h2-10H,17H2,1H3. The minimum absolute atomic E-state index is 0.771. The highest BCUT2D eigenvalue weighted by Crippen LogP contribution is 2.26. The van der Waals surface area contributed by atoms with Crippen LogP contribution in [0, 0.1) is 6.92 Å². The maximum atomic E-state index is 5.82. The summed E-state index contributed by atoms with van der Waals surface area (Å²) >= 11 is 0. The largest absolute Gasteiger partial charge is 0.399 e. The molecule has 3 aromatic rings. The fraction of sp³-hybridized carbons (Fsp3) is 0.0625. The van der Waals surface area contributed by atoms with E-state index < -0.39 is 0 Å². The fourth-order valence-electron chi connectivity index (χ4n) is 2.20. The van der Waals surface area contributed by atoms with Gasteiger partial charge in [0.25, 0.3) is 0 Å². The number of aromatic nitrogens is 1. The predicted molar refractivity (Wildman–Crippen MR) is 76.3 cm³/mol. The Labute approximate surface area is 106 Å². The summed E-state index contributed by atoms with van der Waals surface area (Å²) in [7, 11) is 0. The summed E-state index contributed by atoms with van der Waals surface area (Å²) in [5.41, 5.74) is 11.0. The van der Waals surface area contributed by atoms with E-state index >= 15 is 0 Å². The Morgan fingerprint density at radius 2 is 1.72 bits per heavy atom. The van der Waals surface area contributed by atoms with Crippen LogP contribution in [0.15, 0.2) is 54.6 Å². The normalized spacial score (nSPS) is 10.7. The molecule has 2 aromatic carbocycles. The molecule has 2 N–H and O–H groups in total. The van der Waals surface area contributed by atoms with Gasteiger partial charge in [0.05, 0.1) is 5.52 Å². The van der Waals surface area contributed by atoms with Crippen molar-refractivity contribution in [3.05, 3.63) is 60.3 Å². The Balaban J connectivity index is 2.27. The number of aryl methyl sites for hydroxylation is 1. The molecule has 18 heavy (non-hydrogen) atoms. The summed E-state index contributed by atoms with van der Waals surface area (Å²) in [6.45, 7) is 2.04. The second-order valence-corrected chi connectivity index (χ2v) is 4.44. The lowest BCUT2D eigenvalue weighted by molar-refractivity contribution is 1.26. The lowest BCUT2D eigenvalue weighted by atomic mass is 10.0. The number of anilines is 1. The zero-order valence-electron chi connectivity index (χ0n) is 10.2. The number of nitrogens with zero attached hydrogens (tertiary/aromatic N) is 1. The third kappa shape index (κ3) is 1.82. The van der Waals surface area contributed by atoms with Crippen molar-refractivity contribution in [1.82, 2.24) is 4.98 Å². The van der Waals surface area contributed by atoms with Gasteiger partial charge in [-0.15, -0.1) is 0 Å². The Kier molecular flexibility index (Phi) is 2.49. The third-order valence-corrected chi connectivity index (χ3v) is 3.11. The molecule has 0 saturated carbocycles. The first kappa shape index (κ1) is 10.8. The molecule has 0 spiro atoms. The maximum absolute atomic E-state index is 5.82. The molecule has 0 aliphatic heterocycles. The van der Waals surface area contributed by atoms with Gasteiger partial charge in [-0.3, -0.25) is 4.98 Å². The Morgan fingerprint density at radius 3 is 2.50 bits per heavy atom. The molecule has 1 heterocycles. The molecule has 2 heteroatoms. The van der Waals surface area contributed by atoms with Crippen molar-refractivity contribution < 1.29 is 0 Å². The molecule has 3 rings (SSSR count). The summed E-state index contributed by atoms with van der Waals surface area (Å²) in [4.78, 5) is 4.64. The lowest BCUT2D eigenvalue weighted by Gasteiger charge is -2.08. The molecule has 2 nitrogen and oxygen atoms in total. The number of pyridine rings is 1. The Morgan fingerprint density at radius 1 is 0.944 bits per heavy atom. The van der Waals surface area contributed by atoms with Crippen LogP contribution >= 0.6 is 0 Å². The van der Waals surface area contributed by atoms with Crippen molar-refractivity contribution in [2.45, 2.75) is 6.92 Å². The summed E-state index contributed by atoms with van der Waals surface area (Å²) in [6, 6.07) is 18.3. The highest BCUT2D eigenvalue weighted by Gasteiger charge is 2.05. The smallest absolute Gasteiger partial charge is 0.0707 e. The highest BCUT2D eigenvalue weighted by atomic mass is 14.7. The number of nitrogen functional groups attached to an aromatic ring is 1. The van der Waals surface area contributed by atoms with Crippen molar-refractivity contribution in [3.63, 3.8) is 0 Å². The van der Waals surface area contributed by atoms with E-state index in [2.05, 4.69) is 23.2 Å². The van der Waals surface area contributed by atoms with Crippen LogP contribution < -0.4 is 5.73 Å². The van der Waals surface area contributed by atoms with E-state index in [0.29, 0.717) is 0 Å². The van der Waals surface area contributed by atoms with Crippen molar-refractivity contribution >= 4 is 16.6 Å². The van der Waals surface area contributed by atoms with E-state index in [9.17, 15) is 0 Å². The first-order chi connectivity index (χ1) is 8.74. The first-order valence-electron chi connectivity index (χ1n) is 5.96. The van der Waals surface area contributed by atoms with E-state index in [1.807, 2.05) is 43.3 Å². The van der Waals surface area contributed by atoms with Crippen molar-refractivity contribution in [1.29, 1.82) is 0 Å². The molecule has 0 atom stereocenters. The number of nitrogens with two attached hydrogens (primary N) is 1. The van der Waals surface area contributed by atoms with E-state index in [0.717, 1.165) is 27.8 Å². The van der Waals surface area contributed by atoms with Gasteiger partial charge in [-0.2, -0.15) is 0 Å². The quantitative estimate of drug-likeness (QED) is 0.650. The highest BCUT2D eigenvalue weighted by molar-refractivity contribution is 5.87. The van der Waals surface area contributed by atoms with Gasteiger partial charge in [-0.1, -0.05) is 30.3 Å². The Hall–Kier alpha value is -2.35. The number of fused-ring (bicyclic) bond motifs is 1. The number of rotatable bonds is 1. The van der Waals surface area contributed by atoms with Gasteiger partial charge in [0.1, 0.15) is 0 Å². The van der Waals surface area contributed by atoms with Gasteiger partial charge >= 0.3 is 0 Å². The molecule has 1 aromatic heterocycles. The molecule has 0 radical (unpaired) electrons. The van der Waals surface area contributed by atoms with Crippen LogP contribution in [0.2, 0.25) is 0 Å². The summed E-state index contributed by atoms with van der Waals surface area (Å²) in [5.74, 6) is 0. The Bertz CT molecular complexity index is 703. The fourth-order valence-corrected chi connectivity index (χ4v) is 2.20. The van der Waals surface area contributed by atoms with Crippen molar-refractivity contribution in [2.24, 2.45) is 0 Å². The minimum atomic E-state index is 0.771. The topological polar surface area (TPSA) is 38.9 Å². The predicted octanol–water partition coefficient (Wildman–Crippen LogP) is 3.79. The summed E-state index contributed by atoms with van der Waals surface area (Å²) in [5, 5.41) is 1.08. The zero-order chi connectivity index (χ0) is 12.5. The van der Waals surface area contributed by atoms with Crippen LogP contribution in [-0.4, -0.2) is 4.98 Å². The second kappa shape index (κ2) is 4.15. The van der Waals surface area contributed by atoms with Crippen LogP contribution in [0.1, 0.15) is 5.69 Å². The monoisotopic (exact) mass is 234 g/mol. The lowest BCUT2D eigenvalue weighted by Crippen LogP contribution is -1.91. The number of hydrogen-bond donors (Lipinski definition) is 1. The molecule has 0 aliphatic carbocycles. The van der Waals surface area contributed by atoms with E-state index in [4.69, 9.17) is 5.73 Å². The molecular formula is C16H14N2. The van der Waals surface area contributed by atoms with Crippen LogP contribution in [0.5, 0.6) is 0 Å². The van der Waals surface area contributed by atoms with Crippen LogP contribution in [0.4, 0.5) is 5.69 Å². The maximum Gasteiger partial charge on any atom is 0.0707 e. The minimum Gasteiger partial charge on any atom is -0.399 e. The van der Waals surface area contributed by atoms with Gasteiger partial charge < -0.3 is 5.73 Å². The molecule has 0 bridgehead atoms. The molecule has 88 valence electrons. The van der Waals surface area contributed by atoms with Gasteiger partial charge in [-0.25, -0.2) is 0 Å². The van der Waals surface area contributed by atoms with Gasteiger partial charge in [0, 0.05) is 22.3 Å². The van der Waals surface area contributed by atoms with Crippen LogP contribution in [0.3, 0.4) is 0 Å². The molecule has 0 saturated heterocycles. The molecule has 0 amide bonds. The molecule has 0 aliphatic rings. The molecule has 0 unspecified atom stereocenters. The zero-order valence-corrected chi connectivity index (χ0v) is 10.2. The SMILES string of the molecule is Cc1nc2ccc(N)cc2cc1-c1ccccc1. The number of benzene rings is 2. The average Bonchev–Trinajstić information content (AvgIpc) is 2.39. The summed E-state index contributed by atoms with van der Waals surface area (Å²) in [6.07, 6.45) is 0. The number of hydrogen-bond acceptors (Lipinski definition) is 2. The van der Waals surface area contributed by atoms with E-state index in [1.165, 1.54) is 5.56 Å². The van der Waals surface area contributed by atoms with Gasteiger partial charge in [-0.05, 0) is 36.8 Å². The molecule has 0 fully saturated rings. The van der Waals surface area contributed by atoms with E-state index in [-0.39, 0.29) is 0 Å². The second-order valence-electron chi connectivity index (χ2n) is 4.44. The van der Waals surface area contributed by atoms with Crippen LogP contribution in [-0.2, 0) is 0 Å². The average molecular weight is 234 g/mol. The third-order valence-electron chi connectivity index (χ3n) is 3.11. The molecular weight excluding hydrogens is 220 g/mol. The van der Waals surface area contributed by atoms with Crippen molar-refractivity contribution in [3.8, 4) is 11.1 Å².